The summed E-state index contributed by atoms with van der Waals surface area (Å²) in [5, 5.41) is 0.965. The van der Waals surface area contributed by atoms with E-state index in [0.717, 1.165) is 34.2 Å². The number of rotatable bonds is 3. The second kappa shape index (κ2) is 6.33. The smallest absolute Gasteiger partial charge is 0.336 e. The van der Waals surface area contributed by atoms with E-state index in [2.05, 4.69) is 0 Å². The van der Waals surface area contributed by atoms with Gasteiger partial charge in [-0.2, -0.15) is 0 Å². The molecular weight excluding hydrogens is 321 g/mol. The third-order valence-corrected chi connectivity index (χ3v) is 4.67. The molecule has 0 spiro atoms. The van der Waals surface area contributed by atoms with Crippen LogP contribution in [0.2, 0.25) is 0 Å². The topological polar surface area (TPSA) is 43.9 Å². The summed E-state index contributed by atoms with van der Waals surface area (Å²) in [6.45, 7) is 3.96. The lowest BCUT2D eigenvalue weighted by atomic mass is 10.0. The van der Waals surface area contributed by atoms with E-state index in [1.54, 1.807) is 18.2 Å². The van der Waals surface area contributed by atoms with Gasteiger partial charge >= 0.3 is 5.63 Å². The molecule has 0 amide bonds. The predicted molar refractivity (Wildman–Crippen MR) is 92.1 cm³/mol. The summed E-state index contributed by atoms with van der Waals surface area (Å²) in [5.74, 6) is 0.533. The highest BCUT2D eigenvalue weighted by Gasteiger charge is 2.25. The van der Waals surface area contributed by atoms with E-state index in [4.69, 9.17) is 9.15 Å². The Balaban J connectivity index is 1.70. The first kappa shape index (κ1) is 15.8. The Morgan fingerprint density at radius 1 is 1.16 bits per heavy atom. The Bertz CT molecular complexity index is 979. The molecule has 0 radical (unpaired) electrons. The lowest BCUT2D eigenvalue weighted by Gasteiger charge is -2.26. The molecule has 25 heavy (non-hydrogen) atoms. The van der Waals surface area contributed by atoms with Crippen LogP contribution in [0.25, 0.3) is 11.0 Å². The maximum atomic E-state index is 13.1. The fourth-order valence-corrected chi connectivity index (χ4v) is 3.41. The Morgan fingerprint density at radius 2 is 1.96 bits per heavy atom. The van der Waals surface area contributed by atoms with Crippen LogP contribution in [0, 0.1) is 5.82 Å². The first-order valence-corrected chi connectivity index (χ1v) is 8.43. The van der Waals surface area contributed by atoms with Crippen LogP contribution in [0.3, 0.4) is 0 Å². The van der Waals surface area contributed by atoms with Gasteiger partial charge in [-0.25, -0.2) is 9.18 Å². The van der Waals surface area contributed by atoms with Gasteiger partial charge in [-0.15, -0.1) is 0 Å². The van der Waals surface area contributed by atoms with Crippen molar-refractivity contribution < 1.29 is 18.4 Å². The highest BCUT2D eigenvalue weighted by Crippen LogP contribution is 2.30. The molecular formula is C20H19FNO3+. The van der Waals surface area contributed by atoms with Gasteiger partial charge in [0.15, 0.2) is 5.58 Å². The molecule has 1 unspecified atom stereocenters. The number of hydrogen-bond acceptors (Lipinski definition) is 3. The molecule has 0 fully saturated rings. The van der Waals surface area contributed by atoms with Crippen LogP contribution in [0.4, 0.5) is 4.39 Å². The number of fused-ring (bicyclic) bond motifs is 3. The summed E-state index contributed by atoms with van der Waals surface area (Å²) in [7, 11) is 0. The van der Waals surface area contributed by atoms with Crippen LogP contribution in [-0.4, -0.2) is 6.73 Å². The molecule has 1 aromatic heterocycles. The molecule has 0 aliphatic carbocycles. The second-order valence-corrected chi connectivity index (χ2v) is 6.38. The van der Waals surface area contributed by atoms with Crippen molar-refractivity contribution in [2.75, 3.05) is 6.73 Å². The van der Waals surface area contributed by atoms with E-state index in [-0.39, 0.29) is 11.4 Å². The van der Waals surface area contributed by atoms with Gasteiger partial charge in [0, 0.05) is 17.0 Å². The van der Waals surface area contributed by atoms with Crippen LogP contribution in [0.5, 0.6) is 5.75 Å². The minimum absolute atomic E-state index is 0.237. The summed E-state index contributed by atoms with van der Waals surface area (Å²) in [6, 6.07) is 12.0. The fourth-order valence-electron chi connectivity index (χ4n) is 3.41. The van der Waals surface area contributed by atoms with Crippen LogP contribution in [0.1, 0.15) is 23.6 Å². The third kappa shape index (κ3) is 3.03. The summed E-state index contributed by atoms with van der Waals surface area (Å²) in [4.78, 5) is 13.1. The predicted octanol–water partition coefficient (Wildman–Crippen LogP) is 2.43. The van der Waals surface area contributed by atoms with E-state index in [1.165, 1.54) is 17.0 Å². The van der Waals surface area contributed by atoms with Crippen molar-refractivity contribution in [3.05, 3.63) is 75.4 Å². The highest BCUT2D eigenvalue weighted by atomic mass is 19.1. The average molecular weight is 340 g/mol. The largest absolute Gasteiger partial charge is 0.445 e. The second-order valence-electron chi connectivity index (χ2n) is 6.38. The van der Waals surface area contributed by atoms with E-state index in [0.29, 0.717) is 25.4 Å². The van der Waals surface area contributed by atoms with E-state index < -0.39 is 0 Å². The molecule has 5 heteroatoms. The normalized spacial score (nSPS) is 16.5. The minimum atomic E-state index is -0.330. The van der Waals surface area contributed by atoms with Gasteiger partial charge in [-0.1, -0.05) is 19.1 Å². The van der Waals surface area contributed by atoms with Crippen LogP contribution < -0.4 is 15.3 Å². The van der Waals surface area contributed by atoms with Crippen molar-refractivity contribution in [2.24, 2.45) is 0 Å². The standard InChI is InChI=1S/C20H18FNO3/c1-2-14-9-19(23)25-20-16(14)7-8-18-17(20)11-22(12-24-18)10-13-3-5-15(21)6-4-13/h3-9H,2,10-12H2,1H3/p+1. The molecule has 1 N–H and O–H groups in total. The highest BCUT2D eigenvalue weighted by molar-refractivity contribution is 5.85. The maximum Gasteiger partial charge on any atom is 0.336 e. The van der Waals surface area contributed by atoms with Crippen molar-refractivity contribution in [1.82, 2.24) is 0 Å². The number of aryl methyl sites for hydroxylation is 1. The summed E-state index contributed by atoms with van der Waals surface area (Å²) < 4.78 is 24.5. The summed E-state index contributed by atoms with van der Waals surface area (Å²) >= 11 is 0. The number of benzene rings is 2. The molecule has 1 aliphatic rings. The zero-order valence-corrected chi connectivity index (χ0v) is 14.0. The first-order chi connectivity index (χ1) is 12.1. The maximum absolute atomic E-state index is 13.1. The zero-order valence-electron chi connectivity index (χ0n) is 14.0. The van der Waals surface area contributed by atoms with Gasteiger partial charge in [0.1, 0.15) is 24.7 Å². The van der Waals surface area contributed by atoms with Gasteiger partial charge in [0.05, 0.1) is 5.56 Å². The van der Waals surface area contributed by atoms with Gasteiger partial charge in [-0.3, -0.25) is 4.90 Å². The fraction of sp³-hybridized carbons (Fsp3) is 0.250. The van der Waals surface area contributed by atoms with Crippen LogP contribution >= 0.6 is 0 Å². The average Bonchev–Trinajstić information content (AvgIpc) is 2.63. The van der Waals surface area contributed by atoms with Gasteiger partial charge in [0.2, 0.25) is 6.73 Å². The van der Waals surface area contributed by atoms with Crippen molar-refractivity contribution >= 4 is 11.0 Å². The lowest BCUT2D eigenvalue weighted by Crippen LogP contribution is -3.10. The molecule has 2 aromatic carbocycles. The molecule has 4 nitrogen and oxygen atoms in total. The molecule has 0 saturated heterocycles. The molecule has 128 valence electrons. The Labute approximate surface area is 144 Å². The summed E-state index contributed by atoms with van der Waals surface area (Å²) in [6.07, 6.45) is 0.772. The quantitative estimate of drug-likeness (QED) is 0.745. The third-order valence-electron chi connectivity index (χ3n) is 4.67. The van der Waals surface area contributed by atoms with Crippen molar-refractivity contribution in [3.63, 3.8) is 0 Å². The molecule has 1 atom stereocenters. The number of halogens is 1. The van der Waals surface area contributed by atoms with E-state index in [9.17, 15) is 9.18 Å². The molecule has 2 heterocycles. The van der Waals surface area contributed by atoms with Crippen molar-refractivity contribution in [3.8, 4) is 5.75 Å². The molecule has 0 bridgehead atoms. The Kier molecular flexibility index (Phi) is 4.01. The molecule has 0 saturated carbocycles. The van der Waals surface area contributed by atoms with Gasteiger partial charge in [-0.05, 0) is 36.2 Å². The number of ether oxygens (including phenoxy) is 1. The molecule has 3 aromatic rings. The number of nitrogens with one attached hydrogen (secondary N) is 1. The minimum Gasteiger partial charge on any atom is -0.445 e. The van der Waals surface area contributed by atoms with E-state index >= 15 is 0 Å². The molecule has 1 aliphatic heterocycles. The van der Waals surface area contributed by atoms with Crippen LogP contribution in [0.15, 0.2) is 51.7 Å². The van der Waals surface area contributed by atoms with Crippen LogP contribution in [-0.2, 0) is 19.5 Å². The van der Waals surface area contributed by atoms with Crippen molar-refractivity contribution in [2.45, 2.75) is 26.4 Å². The van der Waals surface area contributed by atoms with E-state index in [1.807, 2.05) is 19.1 Å². The Morgan fingerprint density at radius 3 is 2.72 bits per heavy atom. The van der Waals surface area contributed by atoms with Gasteiger partial charge < -0.3 is 9.15 Å². The monoisotopic (exact) mass is 340 g/mol. The SMILES string of the molecule is CCc1cc(=O)oc2c3c(ccc12)OC[NH+](Cc1ccc(F)cc1)C3. The first-order valence-electron chi connectivity index (χ1n) is 8.43. The lowest BCUT2D eigenvalue weighted by molar-refractivity contribution is -0.945. The Hall–Kier alpha value is -2.66. The molecule has 4 rings (SSSR count). The summed E-state index contributed by atoms with van der Waals surface area (Å²) in [5.41, 5.74) is 3.24. The number of hydrogen-bond donors (Lipinski definition) is 1. The van der Waals surface area contributed by atoms with Gasteiger partial charge in [0.25, 0.3) is 0 Å². The zero-order chi connectivity index (χ0) is 17.4. The number of quaternary nitrogens is 1. The van der Waals surface area contributed by atoms with Crippen molar-refractivity contribution in [1.29, 1.82) is 0 Å².